The predicted molar refractivity (Wildman–Crippen MR) is 145 cm³/mol. The molecule has 1 aliphatic rings. The number of aliphatic hydroxyl groups is 1. The second-order valence-electron chi connectivity index (χ2n) is 9.57. The second kappa shape index (κ2) is 11.3. The Hall–Kier alpha value is -3.93. The summed E-state index contributed by atoms with van der Waals surface area (Å²) >= 11 is 13.1. The van der Waals surface area contributed by atoms with Crippen LogP contribution in [-0.4, -0.2) is 60.5 Å². The van der Waals surface area contributed by atoms with Crippen molar-refractivity contribution in [3.63, 3.8) is 0 Å². The molecule has 0 saturated carbocycles. The van der Waals surface area contributed by atoms with Gasteiger partial charge in [0.1, 0.15) is 17.3 Å². The van der Waals surface area contributed by atoms with Crippen LogP contribution in [-0.2, 0) is 24.3 Å². The number of nitrogens with one attached hydrogen (secondary N) is 1. The third-order valence-electron chi connectivity index (χ3n) is 6.86. The standard InChI is InChI=1S/C27H25Cl2N5O6/c1-14(35)21-13-34(32-31-21)8-5-20(27(38)39)30-25(36)23-19(28)10-17-12-33(7-4-18(17)24(23)29)26(37)16-3-2-15-6-9-40-22(15)11-16/h2-3,6,9-11,13-14,20,35H,4-5,7-8,12H2,1H3,(H,30,36)(H,38,39)/t14-,20-/m0/s1. The third-order valence-corrected chi connectivity index (χ3v) is 7.57. The summed E-state index contributed by atoms with van der Waals surface area (Å²) in [6, 6.07) is 7.43. The Kier molecular flexibility index (Phi) is 7.79. The first-order chi connectivity index (χ1) is 19.1. The van der Waals surface area contributed by atoms with E-state index in [2.05, 4.69) is 15.6 Å². The van der Waals surface area contributed by atoms with Crippen molar-refractivity contribution < 1.29 is 29.0 Å². The summed E-state index contributed by atoms with van der Waals surface area (Å²) < 4.78 is 6.80. The molecule has 2 amide bonds. The van der Waals surface area contributed by atoms with Crippen LogP contribution in [0.15, 0.2) is 47.2 Å². The van der Waals surface area contributed by atoms with Gasteiger partial charge >= 0.3 is 5.97 Å². The normalized spacial score (nSPS) is 14.6. The highest BCUT2D eigenvalue weighted by atomic mass is 35.5. The molecular formula is C27H25Cl2N5O6. The SMILES string of the molecule is C[C@H](O)c1cn(CC[C@H](NC(=O)c2c(Cl)cc3c(c2Cl)CCN(C(=O)c2ccc4ccoc4c2)C3)C(=O)O)nn1. The van der Waals surface area contributed by atoms with Gasteiger partial charge in [0.15, 0.2) is 0 Å². The molecule has 0 saturated heterocycles. The average molecular weight is 586 g/mol. The summed E-state index contributed by atoms with van der Waals surface area (Å²) in [5, 5.41) is 30.5. The lowest BCUT2D eigenvalue weighted by Gasteiger charge is -2.30. The Balaban J connectivity index is 1.30. The number of furan rings is 1. The zero-order chi connectivity index (χ0) is 28.6. The van der Waals surface area contributed by atoms with Crippen LogP contribution >= 0.6 is 23.2 Å². The molecule has 0 radical (unpaired) electrons. The van der Waals surface area contributed by atoms with Crippen molar-refractivity contribution in [1.82, 2.24) is 25.2 Å². The van der Waals surface area contributed by atoms with Crippen LogP contribution in [0.5, 0.6) is 0 Å². The number of benzene rings is 2. The lowest BCUT2D eigenvalue weighted by Crippen LogP contribution is -2.42. The van der Waals surface area contributed by atoms with Gasteiger partial charge in [-0.3, -0.25) is 14.3 Å². The Morgan fingerprint density at radius 2 is 2.00 bits per heavy atom. The van der Waals surface area contributed by atoms with Crippen molar-refractivity contribution in [3.8, 4) is 0 Å². The Labute approximate surface area is 238 Å². The summed E-state index contributed by atoms with van der Waals surface area (Å²) in [6.07, 6.45) is 2.66. The lowest BCUT2D eigenvalue weighted by atomic mass is 9.95. The van der Waals surface area contributed by atoms with Crippen LogP contribution in [0, 0.1) is 0 Å². The molecule has 40 heavy (non-hydrogen) atoms. The van der Waals surface area contributed by atoms with Gasteiger partial charge in [0.25, 0.3) is 11.8 Å². The number of aliphatic hydroxyl groups excluding tert-OH is 1. The number of aryl methyl sites for hydroxylation is 1. The number of hydrogen-bond donors (Lipinski definition) is 3. The molecule has 5 rings (SSSR count). The van der Waals surface area contributed by atoms with E-state index in [-0.39, 0.29) is 41.0 Å². The summed E-state index contributed by atoms with van der Waals surface area (Å²) in [6.45, 7) is 2.29. The maximum atomic E-state index is 13.2. The maximum absolute atomic E-state index is 13.2. The first kappa shape index (κ1) is 27.6. The summed E-state index contributed by atoms with van der Waals surface area (Å²) in [5.74, 6) is -2.13. The molecule has 0 bridgehead atoms. The first-order valence-corrected chi connectivity index (χ1v) is 13.3. The Morgan fingerprint density at radius 3 is 2.73 bits per heavy atom. The smallest absolute Gasteiger partial charge is 0.326 e. The van der Waals surface area contributed by atoms with E-state index in [0.29, 0.717) is 40.9 Å². The number of rotatable bonds is 8. The van der Waals surface area contributed by atoms with Crippen LogP contribution in [0.2, 0.25) is 10.0 Å². The van der Waals surface area contributed by atoms with Gasteiger partial charge in [-0.1, -0.05) is 34.5 Å². The number of carbonyl (C=O) groups is 3. The molecule has 0 aliphatic carbocycles. The number of hydrogen-bond acceptors (Lipinski definition) is 7. The van der Waals surface area contributed by atoms with E-state index in [1.807, 2.05) is 12.1 Å². The highest BCUT2D eigenvalue weighted by Crippen LogP contribution is 2.35. The van der Waals surface area contributed by atoms with Crippen LogP contribution in [0.3, 0.4) is 0 Å². The highest BCUT2D eigenvalue weighted by molar-refractivity contribution is 6.40. The van der Waals surface area contributed by atoms with E-state index in [1.165, 1.54) is 17.8 Å². The van der Waals surface area contributed by atoms with Crippen LogP contribution < -0.4 is 5.32 Å². The van der Waals surface area contributed by atoms with Crippen LogP contribution in [0.1, 0.15) is 57.0 Å². The molecule has 3 N–H and O–H groups in total. The molecule has 0 unspecified atom stereocenters. The number of aromatic nitrogens is 3. The van der Waals surface area contributed by atoms with Gasteiger partial charge in [-0.2, -0.15) is 0 Å². The Bertz CT molecular complexity index is 1610. The zero-order valence-electron chi connectivity index (χ0n) is 21.3. The van der Waals surface area contributed by atoms with Crippen LogP contribution in [0.25, 0.3) is 11.0 Å². The lowest BCUT2D eigenvalue weighted by molar-refractivity contribution is -0.139. The number of carbonyl (C=O) groups excluding carboxylic acids is 2. The maximum Gasteiger partial charge on any atom is 0.326 e. The van der Waals surface area contributed by atoms with Gasteiger partial charge in [-0.05, 0) is 55.2 Å². The van der Waals surface area contributed by atoms with E-state index < -0.39 is 24.0 Å². The minimum atomic E-state index is -1.26. The van der Waals surface area contributed by atoms with Gasteiger partial charge in [0, 0.05) is 30.6 Å². The molecule has 11 nitrogen and oxygen atoms in total. The van der Waals surface area contributed by atoms with Crippen molar-refractivity contribution in [3.05, 3.63) is 80.8 Å². The van der Waals surface area contributed by atoms with Gasteiger partial charge in [0.2, 0.25) is 0 Å². The van der Waals surface area contributed by atoms with E-state index in [4.69, 9.17) is 27.6 Å². The monoisotopic (exact) mass is 585 g/mol. The number of amides is 2. The van der Waals surface area contributed by atoms with E-state index in [9.17, 15) is 24.6 Å². The van der Waals surface area contributed by atoms with Gasteiger partial charge in [-0.25, -0.2) is 4.79 Å². The Morgan fingerprint density at radius 1 is 1.20 bits per heavy atom. The molecular weight excluding hydrogens is 561 g/mol. The van der Waals surface area contributed by atoms with E-state index in [1.54, 1.807) is 29.4 Å². The fourth-order valence-corrected chi connectivity index (χ4v) is 5.43. The van der Waals surface area contributed by atoms with Gasteiger partial charge < -0.3 is 24.8 Å². The largest absolute Gasteiger partial charge is 0.480 e. The minimum Gasteiger partial charge on any atom is -0.480 e. The molecule has 4 aromatic rings. The highest BCUT2D eigenvalue weighted by Gasteiger charge is 2.29. The number of carboxylic acid groups (broad SMARTS) is 1. The molecule has 2 atom stereocenters. The third kappa shape index (κ3) is 5.53. The fraction of sp³-hybridized carbons (Fsp3) is 0.296. The summed E-state index contributed by atoms with van der Waals surface area (Å²) in [7, 11) is 0. The number of aliphatic carboxylic acids is 1. The molecule has 208 valence electrons. The molecule has 0 fully saturated rings. The topological polar surface area (TPSA) is 151 Å². The first-order valence-electron chi connectivity index (χ1n) is 12.5. The predicted octanol–water partition coefficient (Wildman–Crippen LogP) is 3.86. The average Bonchev–Trinajstić information content (AvgIpc) is 3.59. The molecule has 0 spiro atoms. The van der Waals surface area contributed by atoms with Crippen molar-refractivity contribution in [2.45, 2.75) is 45.0 Å². The number of nitrogens with zero attached hydrogens (tertiary/aromatic N) is 4. The molecule has 2 aromatic heterocycles. The summed E-state index contributed by atoms with van der Waals surface area (Å²) in [5.41, 5.74) is 2.83. The zero-order valence-corrected chi connectivity index (χ0v) is 22.8. The second-order valence-corrected chi connectivity index (χ2v) is 10.4. The van der Waals surface area contributed by atoms with E-state index in [0.717, 1.165) is 5.39 Å². The van der Waals surface area contributed by atoms with Crippen molar-refractivity contribution in [2.75, 3.05) is 6.54 Å². The van der Waals surface area contributed by atoms with Crippen molar-refractivity contribution in [2.24, 2.45) is 0 Å². The van der Waals surface area contributed by atoms with Crippen molar-refractivity contribution >= 4 is 52.0 Å². The van der Waals surface area contributed by atoms with Gasteiger partial charge in [0.05, 0.1) is 34.2 Å². The molecule has 1 aliphatic heterocycles. The summed E-state index contributed by atoms with van der Waals surface area (Å²) in [4.78, 5) is 39.9. The number of carboxylic acids is 1. The van der Waals surface area contributed by atoms with Gasteiger partial charge in [-0.15, -0.1) is 5.10 Å². The quantitative estimate of drug-likeness (QED) is 0.282. The molecule has 13 heteroatoms. The minimum absolute atomic E-state index is 0.00469. The van der Waals surface area contributed by atoms with Crippen molar-refractivity contribution in [1.29, 1.82) is 0 Å². The van der Waals surface area contributed by atoms with Crippen LogP contribution in [0.4, 0.5) is 0 Å². The fourth-order valence-electron chi connectivity index (χ4n) is 4.67. The number of halogens is 2. The molecule has 3 heterocycles. The molecule has 2 aromatic carbocycles. The number of fused-ring (bicyclic) bond motifs is 2. The van der Waals surface area contributed by atoms with E-state index >= 15 is 0 Å².